The molecule has 1 heterocycles. The molecule has 1 N–H and O–H groups in total. The van der Waals surface area contributed by atoms with Crippen molar-refractivity contribution in [3.63, 3.8) is 0 Å². The summed E-state index contributed by atoms with van der Waals surface area (Å²) in [7, 11) is 0.517. The van der Waals surface area contributed by atoms with Crippen molar-refractivity contribution in [3.05, 3.63) is 66.7 Å². The van der Waals surface area contributed by atoms with E-state index in [2.05, 4.69) is 5.32 Å². The Morgan fingerprint density at radius 3 is 2.29 bits per heavy atom. The molecule has 1 aliphatic heterocycles. The Labute approximate surface area is 197 Å². The van der Waals surface area contributed by atoms with E-state index in [4.69, 9.17) is 18.9 Å². The second-order valence-corrected chi connectivity index (χ2v) is 9.20. The average Bonchev–Trinajstić information content (AvgIpc) is 2.88. The lowest BCUT2D eigenvalue weighted by Gasteiger charge is -2.34. The number of benzene rings is 3. The average molecular weight is 485 g/mol. The van der Waals surface area contributed by atoms with Gasteiger partial charge in [-0.1, -0.05) is 12.1 Å². The number of para-hydroxylation sites is 2. The Bertz CT molecular complexity index is 1290. The molecule has 0 saturated heterocycles. The highest BCUT2D eigenvalue weighted by Crippen LogP contribution is 2.37. The lowest BCUT2D eigenvalue weighted by molar-refractivity contribution is -0.122. The van der Waals surface area contributed by atoms with Gasteiger partial charge >= 0.3 is 0 Å². The van der Waals surface area contributed by atoms with Crippen LogP contribution < -0.4 is 28.6 Å². The van der Waals surface area contributed by atoms with Gasteiger partial charge in [0.15, 0.2) is 6.10 Å². The predicted molar refractivity (Wildman–Crippen MR) is 127 cm³/mol. The molecule has 1 atom stereocenters. The van der Waals surface area contributed by atoms with Crippen LogP contribution in [0, 0.1) is 0 Å². The van der Waals surface area contributed by atoms with E-state index in [1.165, 1.54) is 37.8 Å². The second-order valence-electron chi connectivity index (χ2n) is 7.34. The van der Waals surface area contributed by atoms with Gasteiger partial charge in [0.25, 0.3) is 15.9 Å². The maximum absolute atomic E-state index is 13.5. The number of hydrogen-bond acceptors (Lipinski definition) is 7. The number of carbonyl (C=O) groups excluding carboxylic acids is 1. The van der Waals surface area contributed by atoms with E-state index in [0.717, 1.165) is 0 Å². The number of ether oxygens (including phenoxy) is 4. The zero-order chi connectivity index (χ0) is 24.3. The summed E-state index contributed by atoms with van der Waals surface area (Å²) in [5.41, 5.74) is 0.754. The van der Waals surface area contributed by atoms with E-state index in [9.17, 15) is 13.2 Å². The number of nitrogens with zero attached hydrogens (tertiary/aromatic N) is 1. The largest absolute Gasteiger partial charge is 0.497 e. The van der Waals surface area contributed by atoms with Crippen molar-refractivity contribution >= 4 is 27.3 Å². The van der Waals surface area contributed by atoms with E-state index < -0.39 is 22.0 Å². The van der Waals surface area contributed by atoms with Crippen LogP contribution in [0.3, 0.4) is 0 Å². The SMILES string of the molecule is COc1ccc(S(=O)(=O)N2C[C@H](C(=O)Nc3ccc(OC)cc3OC)Oc3ccccc32)cc1. The Kier molecular flexibility index (Phi) is 6.51. The molecule has 10 heteroatoms. The number of sulfonamides is 1. The highest BCUT2D eigenvalue weighted by atomic mass is 32.2. The lowest BCUT2D eigenvalue weighted by atomic mass is 10.2. The van der Waals surface area contributed by atoms with Crippen LogP contribution in [0.2, 0.25) is 0 Å². The standard InChI is InChI=1S/C24H24N2O7S/c1-30-16-8-11-18(12-9-16)34(28,29)26-15-23(33-21-7-5-4-6-20(21)26)24(27)25-19-13-10-17(31-2)14-22(19)32-3/h4-14,23H,15H2,1-3H3,(H,25,27)/t23-/m1/s1. The van der Waals surface area contributed by atoms with Crippen molar-refractivity contribution in [2.75, 3.05) is 37.5 Å². The topological polar surface area (TPSA) is 103 Å². The molecule has 1 amide bonds. The Morgan fingerprint density at radius 2 is 1.62 bits per heavy atom. The summed E-state index contributed by atoms with van der Waals surface area (Å²) >= 11 is 0. The highest BCUT2D eigenvalue weighted by Gasteiger charge is 2.37. The van der Waals surface area contributed by atoms with Gasteiger partial charge in [0.1, 0.15) is 23.0 Å². The van der Waals surface area contributed by atoms with Crippen molar-refractivity contribution in [2.45, 2.75) is 11.0 Å². The van der Waals surface area contributed by atoms with Gasteiger partial charge in [0.05, 0.1) is 44.1 Å². The fourth-order valence-electron chi connectivity index (χ4n) is 3.56. The number of methoxy groups -OCH3 is 3. The number of nitrogens with one attached hydrogen (secondary N) is 1. The molecule has 0 radical (unpaired) electrons. The molecule has 0 unspecified atom stereocenters. The van der Waals surface area contributed by atoms with E-state index in [1.54, 1.807) is 54.6 Å². The van der Waals surface area contributed by atoms with Crippen LogP contribution in [0.1, 0.15) is 0 Å². The molecule has 3 aromatic carbocycles. The molecule has 0 aromatic heterocycles. The van der Waals surface area contributed by atoms with Crippen LogP contribution in [0.15, 0.2) is 71.6 Å². The minimum Gasteiger partial charge on any atom is -0.497 e. The minimum atomic E-state index is -3.98. The molecule has 0 bridgehead atoms. The molecular formula is C24H24N2O7S. The van der Waals surface area contributed by atoms with Gasteiger partial charge in [-0.2, -0.15) is 0 Å². The van der Waals surface area contributed by atoms with Gasteiger partial charge in [-0.15, -0.1) is 0 Å². The van der Waals surface area contributed by atoms with Crippen LogP contribution in [0.5, 0.6) is 23.0 Å². The quantitative estimate of drug-likeness (QED) is 0.549. The van der Waals surface area contributed by atoms with E-state index in [0.29, 0.717) is 28.6 Å². The lowest BCUT2D eigenvalue weighted by Crippen LogP contribution is -2.48. The third-order valence-corrected chi connectivity index (χ3v) is 7.14. The molecule has 0 saturated carbocycles. The van der Waals surface area contributed by atoms with Gasteiger partial charge in [-0.3, -0.25) is 9.10 Å². The fraction of sp³-hybridized carbons (Fsp3) is 0.208. The summed E-state index contributed by atoms with van der Waals surface area (Å²) in [6.07, 6.45) is -1.10. The van der Waals surface area contributed by atoms with Crippen LogP contribution in [-0.4, -0.2) is 48.3 Å². The Morgan fingerprint density at radius 1 is 0.941 bits per heavy atom. The van der Waals surface area contributed by atoms with Gasteiger partial charge in [0, 0.05) is 6.07 Å². The van der Waals surface area contributed by atoms with Crippen LogP contribution in [0.4, 0.5) is 11.4 Å². The molecule has 4 rings (SSSR count). The first kappa shape index (κ1) is 23.2. The van der Waals surface area contributed by atoms with Crippen molar-refractivity contribution in [1.29, 1.82) is 0 Å². The van der Waals surface area contributed by atoms with E-state index in [-0.39, 0.29) is 17.2 Å². The first-order chi connectivity index (χ1) is 16.4. The van der Waals surface area contributed by atoms with Gasteiger partial charge in [-0.25, -0.2) is 8.42 Å². The fourth-order valence-corrected chi connectivity index (χ4v) is 5.03. The normalized spacial score (nSPS) is 15.0. The number of amides is 1. The number of anilines is 2. The molecule has 1 aliphatic rings. The monoisotopic (exact) mass is 484 g/mol. The smallest absolute Gasteiger partial charge is 0.267 e. The molecule has 0 fully saturated rings. The molecule has 34 heavy (non-hydrogen) atoms. The number of rotatable bonds is 7. The number of hydrogen-bond donors (Lipinski definition) is 1. The van der Waals surface area contributed by atoms with Crippen LogP contribution in [0.25, 0.3) is 0 Å². The van der Waals surface area contributed by atoms with Crippen molar-refractivity contribution < 1.29 is 32.2 Å². The van der Waals surface area contributed by atoms with Crippen molar-refractivity contribution in [3.8, 4) is 23.0 Å². The van der Waals surface area contributed by atoms with Gasteiger partial charge in [-0.05, 0) is 48.5 Å². The zero-order valence-corrected chi connectivity index (χ0v) is 19.7. The maximum atomic E-state index is 13.5. The minimum absolute atomic E-state index is 0.0704. The van der Waals surface area contributed by atoms with Crippen molar-refractivity contribution in [2.24, 2.45) is 0 Å². The summed E-state index contributed by atoms with van der Waals surface area (Å²) in [5, 5.41) is 2.76. The third kappa shape index (κ3) is 4.44. The van der Waals surface area contributed by atoms with Crippen LogP contribution >= 0.6 is 0 Å². The molecule has 3 aromatic rings. The highest BCUT2D eigenvalue weighted by molar-refractivity contribution is 7.92. The molecule has 178 valence electrons. The molecule has 0 spiro atoms. The van der Waals surface area contributed by atoms with E-state index in [1.807, 2.05) is 0 Å². The molecular weight excluding hydrogens is 460 g/mol. The Hall–Kier alpha value is -3.92. The second kappa shape index (κ2) is 9.52. The number of fused-ring (bicyclic) bond motifs is 1. The third-order valence-electron chi connectivity index (χ3n) is 5.34. The summed E-state index contributed by atoms with van der Waals surface area (Å²) in [6, 6.07) is 17.7. The summed E-state index contributed by atoms with van der Waals surface area (Å²) in [5.74, 6) is 1.26. The van der Waals surface area contributed by atoms with Crippen LogP contribution in [-0.2, 0) is 14.8 Å². The molecule has 9 nitrogen and oxygen atoms in total. The zero-order valence-electron chi connectivity index (χ0n) is 18.8. The van der Waals surface area contributed by atoms with Gasteiger partial charge in [0.2, 0.25) is 0 Å². The number of carbonyl (C=O) groups is 1. The van der Waals surface area contributed by atoms with Crippen molar-refractivity contribution in [1.82, 2.24) is 0 Å². The maximum Gasteiger partial charge on any atom is 0.267 e. The Balaban J connectivity index is 1.64. The first-order valence-corrected chi connectivity index (χ1v) is 11.8. The first-order valence-electron chi connectivity index (χ1n) is 10.3. The van der Waals surface area contributed by atoms with E-state index >= 15 is 0 Å². The summed E-state index contributed by atoms with van der Waals surface area (Å²) in [4.78, 5) is 13.2. The predicted octanol–water partition coefficient (Wildman–Crippen LogP) is 3.31. The summed E-state index contributed by atoms with van der Waals surface area (Å²) in [6.45, 7) is -0.213. The van der Waals surface area contributed by atoms with Gasteiger partial charge < -0.3 is 24.3 Å². The molecule has 0 aliphatic carbocycles. The summed E-state index contributed by atoms with van der Waals surface area (Å²) < 4.78 is 49.7.